The highest BCUT2D eigenvalue weighted by Gasteiger charge is 2.43. The lowest BCUT2D eigenvalue weighted by molar-refractivity contribution is -0.140. The van der Waals surface area contributed by atoms with Crippen molar-refractivity contribution in [3.05, 3.63) is 89.1 Å². The van der Waals surface area contributed by atoms with Crippen LogP contribution in [0.3, 0.4) is 0 Å². The summed E-state index contributed by atoms with van der Waals surface area (Å²) in [7, 11) is -4.28. The summed E-state index contributed by atoms with van der Waals surface area (Å²) in [6.07, 6.45) is 1.76. The molecule has 7 N–H and O–H groups in total. The Hall–Kier alpha value is -6.34. The van der Waals surface area contributed by atoms with Crippen molar-refractivity contribution >= 4 is 62.3 Å². The quantitative estimate of drug-likeness (QED) is 0.0630. The lowest BCUT2D eigenvalue weighted by Crippen LogP contribution is -2.64. The second kappa shape index (κ2) is 22.2. The maximum absolute atomic E-state index is 14.1. The number of hydrogen-bond donors (Lipinski definition) is 7. The fourth-order valence-electron chi connectivity index (χ4n) is 7.68. The molecule has 1 aliphatic rings. The second-order valence-corrected chi connectivity index (χ2v) is 19.3. The molecule has 66 heavy (non-hydrogen) atoms. The summed E-state index contributed by atoms with van der Waals surface area (Å²) in [5.41, 5.74) is -1.29. The van der Waals surface area contributed by atoms with Crippen molar-refractivity contribution in [3.8, 4) is 5.75 Å². The summed E-state index contributed by atoms with van der Waals surface area (Å²) in [4.78, 5) is 95.0. The predicted molar refractivity (Wildman–Crippen MR) is 247 cm³/mol. The number of benzene rings is 3. The van der Waals surface area contributed by atoms with Gasteiger partial charge in [-0.3, -0.25) is 38.1 Å². The van der Waals surface area contributed by atoms with Gasteiger partial charge >= 0.3 is 5.97 Å². The molecule has 3 aromatic carbocycles. The molecule has 0 aromatic heterocycles. The maximum Gasteiger partial charge on any atom is 0.303 e. The van der Waals surface area contributed by atoms with E-state index in [-0.39, 0.29) is 48.9 Å². The van der Waals surface area contributed by atoms with E-state index in [9.17, 15) is 51.6 Å². The highest BCUT2D eigenvalue weighted by molar-refractivity contribution is 7.85. The van der Waals surface area contributed by atoms with Crippen LogP contribution in [0.4, 0.5) is 0 Å². The Kier molecular flexibility index (Phi) is 17.6. The number of likely N-dealkylation sites (tertiary alicyclic amines) is 1. The third kappa shape index (κ3) is 14.3. The van der Waals surface area contributed by atoms with E-state index in [2.05, 4.69) is 26.6 Å². The van der Waals surface area contributed by atoms with Gasteiger partial charge in [-0.2, -0.15) is 8.42 Å². The van der Waals surface area contributed by atoms with Gasteiger partial charge in [0.1, 0.15) is 28.8 Å². The van der Waals surface area contributed by atoms with Gasteiger partial charge in [-0.1, -0.05) is 75.4 Å². The monoisotopic (exact) mass is 934 g/mol. The van der Waals surface area contributed by atoms with Crippen molar-refractivity contribution in [1.29, 1.82) is 0 Å². The molecule has 1 heterocycles. The van der Waals surface area contributed by atoms with Gasteiger partial charge in [0, 0.05) is 24.4 Å². The number of fused-ring (bicyclic) bond motifs is 1. The number of carboxylic acid groups (broad SMARTS) is 1. The molecule has 1 fully saturated rings. The van der Waals surface area contributed by atoms with Gasteiger partial charge in [-0.25, -0.2) is 0 Å². The van der Waals surface area contributed by atoms with Crippen LogP contribution in [0.25, 0.3) is 10.8 Å². The van der Waals surface area contributed by atoms with E-state index >= 15 is 0 Å². The maximum atomic E-state index is 14.1. The molecule has 0 bridgehead atoms. The summed E-state index contributed by atoms with van der Waals surface area (Å²) in [5.74, 6) is -6.87. The molecule has 5 atom stereocenters. The predicted octanol–water partition coefficient (Wildman–Crippen LogP) is 3.80. The second-order valence-electron chi connectivity index (χ2n) is 17.9. The Labute approximate surface area is 385 Å². The van der Waals surface area contributed by atoms with E-state index in [4.69, 9.17) is 4.74 Å². The summed E-state index contributed by atoms with van der Waals surface area (Å²) in [5, 5.41) is 23.9. The molecule has 6 amide bonds. The first-order chi connectivity index (χ1) is 30.8. The highest BCUT2D eigenvalue weighted by Crippen LogP contribution is 2.30. The number of ether oxygens (including phenoxy) is 1. The van der Waals surface area contributed by atoms with Crippen LogP contribution >= 0.6 is 0 Å². The minimum absolute atomic E-state index is 0.0841. The van der Waals surface area contributed by atoms with E-state index in [0.29, 0.717) is 22.9 Å². The Bertz CT molecular complexity index is 2450. The molecule has 4 unspecified atom stereocenters. The van der Waals surface area contributed by atoms with Crippen LogP contribution in [0, 0.1) is 11.8 Å². The zero-order valence-corrected chi connectivity index (χ0v) is 39.5. The van der Waals surface area contributed by atoms with Crippen LogP contribution in [-0.4, -0.2) is 108 Å². The molecule has 358 valence electrons. The van der Waals surface area contributed by atoms with E-state index in [1.807, 2.05) is 12.1 Å². The summed E-state index contributed by atoms with van der Waals surface area (Å²) in [6.45, 7) is 13.0. The molecule has 3 aromatic rings. The first kappa shape index (κ1) is 52.3. The van der Waals surface area contributed by atoms with Gasteiger partial charge in [0.25, 0.3) is 21.9 Å². The number of rotatable bonds is 20. The van der Waals surface area contributed by atoms with Crippen LogP contribution < -0.4 is 31.3 Å². The number of allylic oxidation sites excluding steroid dienone is 1. The Balaban J connectivity index is 1.52. The number of nitrogens with zero attached hydrogens (tertiary/aromatic N) is 1. The molecule has 4 rings (SSSR count). The van der Waals surface area contributed by atoms with E-state index in [1.54, 1.807) is 84.9 Å². The van der Waals surface area contributed by atoms with Gasteiger partial charge in [0.05, 0.1) is 25.3 Å². The molecule has 0 saturated carbocycles. The van der Waals surface area contributed by atoms with Crippen LogP contribution in [0.15, 0.2) is 72.4 Å². The van der Waals surface area contributed by atoms with Gasteiger partial charge in [0.15, 0.2) is 0 Å². The number of carboxylic acids is 1. The SMILES string of the molecule is CCOc1ccc2ccccc2c1C(=O)NC(=C[C@@H](C)c1ccc(CS(=O)(=O)O)cc1)C(=O)NCC(=O)N1CCC(C)C1C(=O)NCC(=O)NC(C)(C(=O)NC(C)(C)C)C(C)CCC(=O)O. The average molecular weight is 935 g/mol. The first-order valence-corrected chi connectivity index (χ1v) is 23.4. The molecule has 0 aliphatic carbocycles. The lowest BCUT2D eigenvalue weighted by atomic mass is 9.82. The van der Waals surface area contributed by atoms with Crippen molar-refractivity contribution in [2.45, 2.75) is 103 Å². The summed E-state index contributed by atoms with van der Waals surface area (Å²) >= 11 is 0. The zero-order chi connectivity index (χ0) is 49.1. The zero-order valence-electron chi connectivity index (χ0n) is 38.6. The fraction of sp³-hybridized carbons (Fsp3) is 0.468. The van der Waals surface area contributed by atoms with Gasteiger partial charge in [0.2, 0.25) is 23.6 Å². The fourth-order valence-corrected chi connectivity index (χ4v) is 8.30. The van der Waals surface area contributed by atoms with Gasteiger partial charge in [-0.05, 0) is 93.3 Å². The molecule has 19 heteroatoms. The van der Waals surface area contributed by atoms with Crippen molar-refractivity contribution in [2.75, 3.05) is 26.2 Å². The molecule has 0 radical (unpaired) electrons. The number of hydrogen-bond acceptors (Lipinski definition) is 10. The number of nitrogens with one attached hydrogen (secondary N) is 5. The number of carbonyl (C=O) groups is 7. The Morgan fingerprint density at radius 1 is 0.909 bits per heavy atom. The largest absolute Gasteiger partial charge is 0.493 e. The smallest absolute Gasteiger partial charge is 0.303 e. The summed E-state index contributed by atoms with van der Waals surface area (Å²) in [6, 6.07) is 15.9. The number of amides is 6. The van der Waals surface area contributed by atoms with Crippen LogP contribution in [0.5, 0.6) is 5.75 Å². The number of carbonyl (C=O) groups excluding carboxylic acids is 6. The van der Waals surface area contributed by atoms with Crippen molar-refractivity contribution in [3.63, 3.8) is 0 Å². The van der Waals surface area contributed by atoms with Crippen LogP contribution in [0.1, 0.15) is 102 Å². The Morgan fingerprint density at radius 3 is 2.20 bits per heavy atom. The van der Waals surface area contributed by atoms with Gasteiger partial charge in [-0.15, -0.1) is 0 Å². The Morgan fingerprint density at radius 2 is 1.58 bits per heavy atom. The van der Waals surface area contributed by atoms with E-state index in [1.165, 1.54) is 30.0 Å². The van der Waals surface area contributed by atoms with Crippen LogP contribution in [0.2, 0.25) is 0 Å². The molecular weight excluding hydrogens is 873 g/mol. The molecular formula is C47H62N6O12S. The third-order valence-corrected chi connectivity index (χ3v) is 12.1. The topological polar surface area (TPSA) is 267 Å². The first-order valence-electron chi connectivity index (χ1n) is 21.8. The average Bonchev–Trinajstić information content (AvgIpc) is 3.63. The minimum atomic E-state index is -4.28. The third-order valence-electron chi connectivity index (χ3n) is 11.4. The molecule has 1 aliphatic heterocycles. The lowest BCUT2D eigenvalue weighted by Gasteiger charge is -2.37. The van der Waals surface area contributed by atoms with Gasteiger partial charge < -0.3 is 41.3 Å². The van der Waals surface area contributed by atoms with Crippen molar-refractivity contribution in [2.24, 2.45) is 11.8 Å². The molecule has 0 spiro atoms. The normalized spacial score (nSPS) is 17.2. The number of aliphatic carboxylic acids is 1. The van der Waals surface area contributed by atoms with Crippen LogP contribution in [-0.2, 0) is 44.6 Å². The standard InChI is InChI=1S/C47H62N6O12S/c1-9-65-36-20-19-33-12-10-11-13-34(33)40(36)43(59)50-35(24-29(3)32-17-15-31(16-18-32)27-66(62,63)64)42(58)49-26-38(55)53-23-22-28(2)41(53)44(60)48-25-37(54)51-47(8,30(4)14-21-39(56)57)45(61)52-46(5,6)7/h10-13,15-20,24,28-30,41H,9,14,21-23,25-27H2,1-8H3,(H,48,60)(H,49,58)(H,50,59)(H,51,54)(H,52,61)(H,56,57)(H,62,63,64)/t28?,29-,30?,41?,47?/m1/s1. The summed E-state index contributed by atoms with van der Waals surface area (Å²) < 4.78 is 37.9. The van der Waals surface area contributed by atoms with Crippen molar-refractivity contribution in [1.82, 2.24) is 31.5 Å². The minimum Gasteiger partial charge on any atom is -0.493 e. The van der Waals surface area contributed by atoms with E-state index in [0.717, 1.165) is 5.39 Å². The molecule has 18 nitrogen and oxygen atoms in total. The molecule has 1 saturated heterocycles. The van der Waals surface area contributed by atoms with E-state index < -0.39 is 99.3 Å². The highest BCUT2D eigenvalue weighted by atomic mass is 32.2. The van der Waals surface area contributed by atoms with Crippen molar-refractivity contribution < 1.29 is 56.4 Å².